The first-order valence-electron chi connectivity index (χ1n) is 5.57. The summed E-state index contributed by atoms with van der Waals surface area (Å²) in [6.07, 6.45) is 2.39. The van der Waals surface area contributed by atoms with Crippen molar-refractivity contribution in [3.8, 4) is 0 Å². The minimum Gasteiger partial charge on any atom is -0.388 e. The molecule has 1 aromatic rings. The zero-order chi connectivity index (χ0) is 13.6. The van der Waals surface area contributed by atoms with Crippen LogP contribution in [0.25, 0.3) is 0 Å². The molecule has 0 fully saturated rings. The van der Waals surface area contributed by atoms with Crippen molar-refractivity contribution < 1.29 is 14.3 Å². The average Bonchev–Trinajstić information content (AvgIpc) is 2.37. The van der Waals surface area contributed by atoms with E-state index in [2.05, 4.69) is 0 Å². The summed E-state index contributed by atoms with van der Waals surface area (Å²) in [7, 11) is 0. The second-order valence-corrected chi connectivity index (χ2v) is 5.19. The summed E-state index contributed by atoms with van der Waals surface area (Å²) in [4.78, 5) is 23.4. The van der Waals surface area contributed by atoms with Crippen LogP contribution in [0.4, 0.5) is 0 Å². The molecular weight excluding hydrogens is 250 g/mol. The highest BCUT2D eigenvalue weighted by Crippen LogP contribution is 2.13. The van der Waals surface area contributed by atoms with Crippen molar-refractivity contribution in [2.45, 2.75) is 18.9 Å². The second-order valence-electron chi connectivity index (χ2n) is 4.20. The highest BCUT2D eigenvalue weighted by Gasteiger charge is 2.31. The first-order valence-corrected chi connectivity index (χ1v) is 6.96. The topological polar surface area (TPSA) is 69.4 Å². The van der Waals surface area contributed by atoms with E-state index in [9.17, 15) is 9.59 Å². The Morgan fingerprint density at radius 1 is 1.33 bits per heavy atom. The van der Waals surface area contributed by atoms with E-state index in [0.29, 0.717) is 12.0 Å². The molecule has 1 rings (SSSR count). The fraction of sp³-hybridized carbons (Fsp3) is 0.385. The number of hydrogen-bond donors (Lipinski definition) is 1. The molecular formula is C13H17NO3S. The monoisotopic (exact) mass is 267 g/mol. The fourth-order valence-corrected chi connectivity index (χ4v) is 1.88. The van der Waals surface area contributed by atoms with E-state index >= 15 is 0 Å². The molecule has 0 heterocycles. The van der Waals surface area contributed by atoms with Gasteiger partial charge in [0.15, 0.2) is 0 Å². The number of benzene rings is 1. The minimum absolute atomic E-state index is 0.339. The number of carbonyl (C=O) groups excluding carboxylic acids is 2. The number of esters is 2. The van der Waals surface area contributed by atoms with E-state index in [1.165, 1.54) is 0 Å². The summed E-state index contributed by atoms with van der Waals surface area (Å²) in [5, 5.41) is 0. The Bertz CT molecular complexity index is 418. The Labute approximate surface area is 111 Å². The summed E-state index contributed by atoms with van der Waals surface area (Å²) >= 11 is 1.59. The minimum atomic E-state index is -1.13. The summed E-state index contributed by atoms with van der Waals surface area (Å²) in [5.41, 5.74) is 5.04. The predicted molar refractivity (Wildman–Crippen MR) is 72.5 cm³/mol. The van der Waals surface area contributed by atoms with Gasteiger partial charge in [-0.15, -0.1) is 0 Å². The normalized spacial score (nSPS) is 13.7. The van der Waals surface area contributed by atoms with Gasteiger partial charge in [0.1, 0.15) is 5.54 Å². The molecule has 98 valence electrons. The lowest BCUT2D eigenvalue weighted by Gasteiger charge is -2.21. The summed E-state index contributed by atoms with van der Waals surface area (Å²) in [6.45, 7) is 1.57. The quantitative estimate of drug-likeness (QED) is 0.651. The van der Waals surface area contributed by atoms with Gasteiger partial charge >= 0.3 is 11.9 Å². The van der Waals surface area contributed by atoms with E-state index in [1.54, 1.807) is 49.0 Å². The number of thioether (sulfide) groups is 1. The lowest BCUT2D eigenvalue weighted by atomic mass is 10.0. The molecule has 1 aromatic carbocycles. The SMILES string of the molecule is CSCC[C@](C)(N)C(=O)OC(=O)c1ccccc1. The van der Waals surface area contributed by atoms with Crippen LogP contribution in [0, 0.1) is 0 Å². The van der Waals surface area contributed by atoms with Crippen LogP contribution in [0.1, 0.15) is 23.7 Å². The number of hydrogen-bond acceptors (Lipinski definition) is 5. The van der Waals surface area contributed by atoms with Crippen molar-refractivity contribution >= 4 is 23.7 Å². The molecule has 1 atom stereocenters. The maximum atomic E-state index is 11.8. The van der Waals surface area contributed by atoms with E-state index in [-0.39, 0.29) is 0 Å². The lowest BCUT2D eigenvalue weighted by molar-refractivity contribution is -0.143. The Hall–Kier alpha value is -1.33. The molecule has 0 unspecified atom stereocenters. The first-order chi connectivity index (χ1) is 8.47. The van der Waals surface area contributed by atoms with Crippen molar-refractivity contribution in [1.82, 2.24) is 0 Å². The molecule has 18 heavy (non-hydrogen) atoms. The average molecular weight is 267 g/mol. The van der Waals surface area contributed by atoms with Crippen LogP contribution in [-0.2, 0) is 9.53 Å². The number of ether oxygens (including phenoxy) is 1. The van der Waals surface area contributed by atoms with Gasteiger partial charge in [0.2, 0.25) is 0 Å². The highest BCUT2D eigenvalue weighted by atomic mass is 32.2. The standard InChI is InChI=1S/C13H17NO3S/c1-13(14,8-9-18-2)12(16)17-11(15)10-6-4-3-5-7-10/h3-7H,8-9,14H2,1-2H3/t13-/m0/s1. The molecule has 0 spiro atoms. The van der Waals surface area contributed by atoms with E-state index in [1.807, 2.05) is 6.26 Å². The molecule has 0 saturated carbocycles. The number of carbonyl (C=O) groups is 2. The molecule has 0 saturated heterocycles. The van der Waals surface area contributed by atoms with Crippen molar-refractivity contribution in [3.05, 3.63) is 35.9 Å². The summed E-state index contributed by atoms with van der Waals surface area (Å²) in [5.74, 6) is -0.617. The molecule has 0 bridgehead atoms. The summed E-state index contributed by atoms with van der Waals surface area (Å²) < 4.78 is 4.79. The van der Waals surface area contributed by atoms with Crippen molar-refractivity contribution in [3.63, 3.8) is 0 Å². The molecule has 5 heteroatoms. The Morgan fingerprint density at radius 3 is 2.50 bits per heavy atom. The third-order valence-corrected chi connectivity index (χ3v) is 3.10. The van der Waals surface area contributed by atoms with Crippen LogP contribution >= 0.6 is 11.8 Å². The second kappa shape index (κ2) is 6.56. The van der Waals surface area contributed by atoms with Crippen molar-refractivity contribution in [1.29, 1.82) is 0 Å². The first kappa shape index (κ1) is 14.7. The third-order valence-electron chi connectivity index (χ3n) is 2.49. The molecule has 0 aliphatic carbocycles. The van der Waals surface area contributed by atoms with E-state index < -0.39 is 17.5 Å². The molecule has 0 aliphatic rings. The predicted octanol–water partition coefficient (Wildman–Crippen LogP) is 1.84. The van der Waals surface area contributed by atoms with Gasteiger partial charge in [-0.2, -0.15) is 11.8 Å². The van der Waals surface area contributed by atoms with Crippen LogP contribution in [0.5, 0.6) is 0 Å². The number of rotatable bonds is 5. The Balaban J connectivity index is 2.62. The summed E-state index contributed by atoms with van der Waals surface area (Å²) in [6, 6.07) is 8.37. The molecule has 0 amide bonds. The van der Waals surface area contributed by atoms with Crippen LogP contribution < -0.4 is 5.73 Å². The highest BCUT2D eigenvalue weighted by molar-refractivity contribution is 7.98. The van der Waals surface area contributed by atoms with Gasteiger partial charge < -0.3 is 10.5 Å². The zero-order valence-corrected chi connectivity index (χ0v) is 11.3. The van der Waals surface area contributed by atoms with Gasteiger partial charge in [-0.25, -0.2) is 9.59 Å². The molecule has 4 nitrogen and oxygen atoms in total. The Morgan fingerprint density at radius 2 is 1.94 bits per heavy atom. The Kier molecular flexibility index (Phi) is 5.37. The van der Waals surface area contributed by atoms with Crippen LogP contribution in [0.3, 0.4) is 0 Å². The smallest absolute Gasteiger partial charge is 0.345 e. The maximum Gasteiger partial charge on any atom is 0.345 e. The van der Waals surface area contributed by atoms with Crippen LogP contribution in [-0.4, -0.2) is 29.5 Å². The van der Waals surface area contributed by atoms with Crippen molar-refractivity contribution in [2.75, 3.05) is 12.0 Å². The fourth-order valence-electron chi connectivity index (χ4n) is 1.25. The molecule has 2 N–H and O–H groups in total. The van der Waals surface area contributed by atoms with Crippen LogP contribution in [0.15, 0.2) is 30.3 Å². The lowest BCUT2D eigenvalue weighted by Crippen LogP contribution is -2.47. The molecule has 0 aromatic heterocycles. The van der Waals surface area contributed by atoms with Gasteiger partial charge in [0.05, 0.1) is 5.56 Å². The van der Waals surface area contributed by atoms with Gasteiger partial charge in [-0.3, -0.25) is 0 Å². The van der Waals surface area contributed by atoms with Crippen molar-refractivity contribution in [2.24, 2.45) is 5.73 Å². The third kappa shape index (κ3) is 4.16. The van der Waals surface area contributed by atoms with E-state index in [4.69, 9.17) is 10.5 Å². The molecule has 0 radical (unpaired) electrons. The largest absolute Gasteiger partial charge is 0.388 e. The number of nitrogens with two attached hydrogens (primary N) is 1. The molecule has 0 aliphatic heterocycles. The van der Waals surface area contributed by atoms with Gasteiger partial charge in [-0.05, 0) is 37.5 Å². The van der Waals surface area contributed by atoms with E-state index in [0.717, 1.165) is 5.75 Å². The maximum absolute atomic E-state index is 11.8. The van der Waals surface area contributed by atoms with Gasteiger partial charge in [0, 0.05) is 0 Å². The zero-order valence-electron chi connectivity index (χ0n) is 10.5. The van der Waals surface area contributed by atoms with Gasteiger partial charge in [-0.1, -0.05) is 18.2 Å². The van der Waals surface area contributed by atoms with Gasteiger partial charge in [0.25, 0.3) is 0 Å². The van der Waals surface area contributed by atoms with Crippen LogP contribution in [0.2, 0.25) is 0 Å².